The van der Waals surface area contributed by atoms with E-state index in [0.29, 0.717) is 4.83 Å². The lowest BCUT2D eigenvalue weighted by Gasteiger charge is -2.11. The summed E-state index contributed by atoms with van der Waals surface area (Å²) in [6.45, 7) is 4.48. The minimum Gasteiger partial charge on any atom is -0.152 e. The average molecular weight is 233 g/mol. The molecule has 0 nitrogen and oxygen atoms in total. The molecule has 11 heavy (non-hydrogen) atoms. The number of thiophene rings is 1. The fourth-order valence-electron chi connectivity index (χ4n) is 0.870. The molecule has 1 aromatic rings. The highest BCUT2D eigenvalue weighted by Gasteiger charge is 2.09. The van der Waals surface area contributed by atoms with Crippen molar-refractivity contribution in [2.75, 3.05) is 0 Å². The molecule has 0 amide bonds. The highest BCUT2D eigenvalue weighted by atomic mass is 79.9. The van der Waals surface area contributed by atoms with Crippen LogP contribution in [0.1, 0.15) is 19.4 Å². The Bertz CT molecular complexity index is 191. The van der Waals surface area contributed by atoms with E-state index in [9.17, 15) is 0 Å². The Morgan fingerprint density at radius 3 is 2.73 bits per heavy atom. The van der Waals surface area contributed by atoms with Gasteiger partial charge in [-0.2, -0.15) is 11.3 Å². The van der Waals surface area contributed by atoms with E-state index in [1.165, 1.54) is 5.56 Å². The minimum atomic E-state index is 0.622. The van der Waals surface area contributed by atoms with Crippen molar-refractivity contribution in [2.45, 2.75) is 25.1 Å². The molecule has 1 unspecified atom stereocenters. The Kier molecular flexibility index (Phi) is 3.60. The van der Waals surface area contributed by atoms with Gasteiger partial charge in [0.15, 0.2) is 0 Å². The SMILES string of the molecule is CC(C)C(Br)Cc1ccsc1. The molecule has 2 heteroatoms. The molecule has 0 fully saturated rings. The lowest BCUT2D eigenvalue weighted by molar-refractivity contribution is 0.613. The zero-order valence-corrected chi connectivity index (χ0v) is 9.28. The molecule has 0 saturated heterocycles. The van der Waals surface area contributed by atoms with E-state index in [1.807, 2.05) is 0 Å². The number of alkyl halides is 1. The number of rotatable bonds is 3. The van der Waals surface area contributed by atoms with E-state index in [2.05, 4.69) is 46.6 Å². The van der Waals surface area contributed by atoms with Crippen LogP contribution in [0.2, 0.25) is 0 Å². The molecular formula is C9H13BrS. The third-order valence-corrected chi connectivity index (χ3v) is 3.85. The van der Waals surface area contributed by atoms with Gasteiger partial charge >= 0.3 is 0 Å². The van der Waals surface area contributed by atoms with Crippen molar-refractivity contribution in [3.05, 3.63) is 22.4 Å². The van der Waals surface area contributed by atoms with Gasteiger partial charge < -0.3 is 0 Å². The van der Waals surface area contributed by atoms with E-state index in [4.69, 9.17) is 0 Å². The van der Waals surface area contributed by atoms with Gasteiger partial charge in [-0.3, -0.25) is 0 Å². The van der Waals surface area contributed by atoms with Crippen molar-refractivity contribution in [1.82, 2.24) is 0 Å². The largest absolute Gasteiger partial charge is 0.152 e. The highest BCUT2D eigenvalue weighted by molar-refractivity contribution is 9.09. The lowest BCUT2D eigenvalue weighted by Crippen LogP contribution is -2.09. The first kappa shape index (κ1) is 9.27. The molecular weight excluding hydrogens is 220 g/mol. The molecule has 0 aliphatic rings. The second-order valence-corrected chi connectivity index (χ2v) is 5.05. The van der Waals surface area contributed by atoms with Gasteiger partial charge in [-0.25, -0.2) is 0 Å². The van der Waals surface area contributed by atoms with Gasteiger partial charge in [0.25, 0.3) is 0 Å². The van der Waals surface area contributed by atoms with Gasteiger partial charge in [-0.1, -0.05) is 29.8 Å². The first-order valence-electron chi connectivity index (χ1n) is 3.85. The van der Waals surface area contributed by atoms with Crippen molar-refractivity contribution >= 4 is 27.3 Å². The molecule has 0 aromatic carbocycles. The van der Waals surface area contributed by atoms with Crippen LogP contribution in [0, 0.1) is 5.92 Å². The van der Waals surface area contributed by atoms with E-state index < -0.39 is 0 Å². The maximum atomic E-state index is 3.67. The van der Waals surface area contributed by atoms with Crippen LogP contribution in [0.3, 0.4) is 0 Å². The fourth-order valence-corrected chi connectivity index (χ4v) is 1.93. The smallest absolute Gasteiger partial charge is 0.0209 e. The number of halogens is 1. The van der Waals surface area contributed by atoms with Gasteiger partial charge in [0.2, 0.25) is 0 Å². The van der Waals surface area contributed by atoms with Crippen LogP contribution in [0.25, 0.3) is 0 Å². The predicted molar refractivity (Wildman–Crippen MR) is 55.6 cm³/mol. The summed E-state index contributed by atoms with van der Waals surface area (Å²) in [6, 6.07) is 2.20. The average Bonchev–Trinajstić information content (AvgIpc) is 2.39. The summed E-state index contributed by atoms with van der Waals surface area (Å²) in [5, 5.41) is 4.35. The summed E-state index contributed by atoms with van der Waals surface area (Å²) in [7, 11) is 0. The second-order valence-electron chi connectivity index (χ2n) is 3.10. The zero-order valence-electron chi connectivity index (χ0n) is 6.88. The van der Waals surface area contributed by atoms with Gasteiger partial charge in [0.05, 0.1) is 0 Å². The third kappa shape index (κ3) is 2.96. The highest BCUT2D eigenvalue weighted by Crippen LogP contribution is 2.18. The molecule has 0 bridgehead atoms. The van der Waals surface area contributed by atoms with Crippen molar-refractivity contribution < 1.29 is 0 Å². The van der Waals surface area contributed by atoms with Crippen molar-refractivity contribution in [2.24, 2.45) is 5.92 Å². The molecule has 0 aliphatic carbocycles. The second kappa shape index (κ2) is 4.27. The van der Waals surface area contributed by atoms with Crippen LogP contribution in [0.15, 0.2) is 16.8 Å². The molecule has 62 valence electrons. The van der Waals surface area contributed by atoms with Gasteiger partial charge in [0, 0.05) is 4.83 Å². The standard InChI is InChI=1S/C9H13BrS/c1-7(2)9(10)5-8-3-4-11-6-8/h3-4,6-7,9H,5H2,1-2H3. The normalized spacial score (nSPS) is 13.8. The summed E-state index contributed by atoms with van der Waals surface area (Å²) < 4.78 is 0. The molecule has 1 rings (SSSR count). The number of hydrogen-bond acceptors (Lipinski definition) is 1. The zero-order chi connectivity index (χ0) is 8.27. The minimum absolute atomic E-state index is 0.622. The molecule has 0 radical (unpaired) electrons. The first-order valence-corrected chi connectivity index (χ1v) is 5.71. The summed E-state index contributed by atoms with van der Waals surface area (Å²) in [5.74, 6) is 0.718. The van der Waals surface area contributed by atoms with Gasteiger partial charge in [0.1, 0.15) is 0 Å². The van der Waals surface area contributed by atoms with Crippen molar-refractivity contribution in [1.29, 1.82) is 0 Å². The molecule has 0 spiro atoms. The quantitative estimate of drug-likeness (QED) is 0.698. The fraction of sp³-hybridized carbons (Fsp3) is 0.556. The van der Waals surface area contributed by atoms with E-state index in [1.54, 1.807) is 11.3 Å². The Morgan fingerprint density at radius 1 is 1.55 bits per heavy atom. The topological polar surface area (TPSA) is 0 Å². The van der Waals surface area contributed by atoms with Gasteiger partial charge in [-0.15, -0.1) is 0 Å². The van der Waals surface area contributed by atoms with Crippen LogP contribution in [0.5, 0.6) is 0 Å². The summed E-state index contributed by atoms with van der Waals surface area (Å²) in [5.41, 5.74) is 1.45. The summed E-state index contributed by atoms with van der Waals surface area (Å²) in [4.78, 5) is 0.622. The van der Waals surface area contributed by atoms with E-state index in [0.717, 1.165) is 12.3 Å². The van der Waals surface area contributed by atoms with Crippen LogP contribution >= 0.6 is 27.3 Å². The third-order valence-electron chi connectivity index (χ3n) is 1.73. The molecule has 0 aliphatic heterocycles. The summed E-state index contributed by atoms with van der Waals surface area (Å²) >= 11 is 5.44. The Labute approximate surface area is 80.8 Å². The van der Waals surface area contributed by atoms with Crippen LogP contribution in [0.4, 0.5) is 0 Å². The Balaban J connectivity index is 2.43. The summed E-state index contributed by atoms with van der Waals surface area (Å²) in [6.07, 6.45) is 1.15. The molecule has 0 saturated carbocycles. The lowest BCUT2D eigenvalue weighted by atomic mass is 10.1. The van der Waals surface area contributed by atoms with E-state index in [-0.39, 0.29) is 0 Å². The van der Waals surface area contributed by atoms with Crippen molar-refractivity contribution in [3.8, 4) is 0 Å². The van der Waals surface area contributed by atoms with E-state index >= 15 is 0 Å². The van der Waals surface area contributed by atoms with Gasteiger partial charge in [-0.05, 0) is 34.7 Å². The molecule has 1 heterocycles. The van der Waals surface area contributed by atoms with Crippen molar-refractivity contribution in [3.63, 3.8) is 0 Å². The van der Waals surface area contributed by atoms with Crippen LogP contribution < -0.4 is 0 Å². The number of hydrogen-bond donors (Lipinski definition) is 0. The molecule has 1 atom stereocenters. The maximum Gasteiger partial charge on any atom is 0.0209 e. The Hall–Kier alpha value is 0.180. The monoisotopic (exact) mass is 232 g/mol. The first-order chi connectivity index (χ1) is 5.20. The maximum absolute atomic E-state index is 3.67. The Morgan fingerprint density at radius 2 is 2.27 bits per heavy atom. The predicted octanol–water partition coefficient (Wildman–Crippen LogP) is 3.71. The van der Waals surface area contributed by atoms with Crippen LogP contribution in [-0.4, -0.2) is 4.83 Å². The van der Waals surface area contributed by atoms with Crippen LogP contribution in [-0.2, 0) is 6.42 Å². The molecule has 1 aromatic heterocycles. The molecule has 0 N–H and O–H groups in total.